The van der Waals surface area contributed by atoms with Crippen LogP contribution in [0.2, 0.25) is 0 Å². The van der Waals surface area contributed by atoms with Crippen molar-refractivity contribution in [3.8, 4) is 17.6 Å². The van der Waals surface area contributed by atoms with Gasteiger partial charge in [0.2, 0.25) is 5.91 Å². The van der Waals surface area contributed by atoms with Crippen molar-refractivity contribution in [3.05, 3.63) is 188 Å². The van der Waals surface area contributed by atoms with E-state index in [0.717, 1.165) is 54.6 Å². The molecule has 2 aliphatic rings. The average Bonchev–Trinajstić information content (AvgIpc) is 3.90. The van der Waals surface area contributed by atoms with Crippen LogP contribution in [0, 0.1) is 18.3 Å². The number of nitrogens with one attached hydrogen (secondary N) is 1. The second-order valence-electron chi connectivity index (χ2n) is 19.7. The highest BCUT2D eigenvalue weighted by Gasteiger charge is 2.68. The number of H-pyrrole nitrogens is 1. The molecule has 8 aromatic rings. The first kappa shape index (κ1) is 50.6. The molecule has 15 heteroatoms. The van der Waals surface area contributed by atoms with E-state index in [1.807, 2.05) is 84.9 Å². The Hall–Kier alpha value is -6.95. The van der Waals surface area contributed by atoms with Gasteiger partial charge in [-0.3, -0.25) is 19.1 Å². The summed E-state index contributed by atoms with van der Waals surface area (Å²) in [5.74, 6) is 1.09. The predicted molar refractivity (Wildman–Crippen MR) is 287 cm³/mol. The van der Waals surface area contributed by atoms with Crippen LogP contribution in [-0.2, 0) is 35.3 Å². The number of likely N-dealkylation sites (tertiary alicyclic amines) is 1. The molecule has 380 valence electrons. The summed E-state index contributed by atoms with van der Waals surface area (Å²) < 4.78 is 43.8. The van der Waals surface area contributed by atoms with Crippen molar-refractivity contribution in [2.75, 3.05) is 34.0 Å². The highest BCUT2D eigenvalue weighted by atomic mass is 31.2. The highest BCUT2D eigenvalue weighted by Crippen LogP contribution is 2.57. The Morgan fingerprint density at radius 1 is 0.811 bits per heavy atom. The Bertz CT molecular complexity index is 3400. The Balaban J connectivity index is 1.16. The molecule has 7 aromatic carbocycles. The lowest BCUT2D eigenvalue weighted by molar-refractivity contribution is -0.182. The molecule has 2 bridgehead atoms. The molecule has 1 unspecified atom stereocenters. The number of nitrogens with zero attached hydrogens (tertiary/aromatic N) is 4. The number of hydrogen-bond donors (Lipinski definition) is 1. The monoisotopic (exact) mass is 1010 g/mol. The second kappa shape index (κ2) is 20.8. The minimum absolute atomic E-state index is 0.00140. The zero-order valence-corrected chi connectivity index (χ0v) is 43.5. The Morgan fingerprint density at radius 3 is 2.01 bits per heavy atom. The van der Waals surface area contributed by atoms with Gasteiger partial charge in [0.05, 0.1) is 52.9 Å². The lowest BCUT2D eigenvalue weighted by atomic mass is 9.79. The van der Waals surface area contributed by atoms with Gasteiger partial charge in [-0.15, -0.1) is 0 Å². The number of hydrogen-bond acceptors (Lipinski definition) is 11. The van der Waals surface area contributed by atoms with E-state index in [0.29, 0.717) is 11.5 Å². The fourth-order valence-corrected chi connectivity index (χ4v) is 13.0. The van der Waals surface area contributed by atoms with Crippen LogP contribution in [0.5, 0.6) is 11.5 Å². The molecule has 2 saturated heterocycles. The van der Waals surface area contributed by atoms with E-state index < -0.39 is 49.4 Å². The fourth-order valence-electron chi connectivity index (χ4n) is 11.2. The van der Waals surface area contributed by atoms with Crippen LogP contribution >= 0.6 is 8.53 Å². The molecule has 1 amide bonds. The van der Waals surface area contributed by atoms with Gasteiger partial charge in [0.15, 0.2) is 6.23 Å². The van der Waals surface area contributed by atoms with Crippen molar-refractivity contribution in [3.63, 3.8) is 0 Å². The van der Waals surface area contributed by atoms with Gasteiger partial charge in [-0.1, -0.05) is 109 Å². The maximum Gasteiger partial charge on any atom is 0.330 e. The van der Waals surface area contributed by atoms with Gasteiger partial charge in [0, 0.05) is 23.8 Å². The molecule has 3 heterocycles. The standard InChI is InChI=1S/C59H60N5O9P/c1-37(2)64(38(3)4)74(71-32-12-31-60)73-54-53-56(62-34-39(5)55(66)61-57(62)67)72-58(54,35-63(53)50(65)33-43-20-19-42-18-17-40-13-11-14-41-21-30-49(43)52(42)51(40)41)36-70-59(44-15-9-8-10-16-44,45-22-26-47(68-6)27-23-45)46-24-28-48(69-7)29-25-46/h8-11,13-30,34,37-38,53-54,56H,12,32-33,35-36H2,1-7H3,(H,61,66,67)/t53-,54+,56+,58-,74?/m0/s1. The molecule has 14 nitrogen and oxygen atoms in total. The third kappa shape index (κ3) is 9.02. The van der Waals surface area contributed by atoms with E-state index >= 15 is 4.79 Å². The van der Waals surface area contributed by atoms with Crippen molar-refractivity contribution in [1.29, 1.82) is 5.26 Å². The van der Waals surface area contributed by atoms with Crippen molar-refractivity contribution >= 4 is 46.8 Å². The number of benzene rings is 7. The maximum absolute atomic E-state index is 15.7. The van der Waals surface area contributed by atoms with Crippen LogP contribution in [0.25, 0.3) is 32.3 Å². The molecule has 2 fully saturated rings. The molecule has 74 heavy (non-hydrogen) atoms. The lowest BCUT2D eigenvalue weighted by Gasteiger charge is -2.42. The lowest BCUT2D eigenvalue weighted by Crippen LogP contribution is -2.53. The molecule has 2 aliphatic heterocycles. The number of rotatable bonds is 19. The SMILES string of the molecule is COc1ccc(C(OC[C@]23CN(C(=O)Cc4ccc5ccc6cccc7ccc4c5c67)[C@H]([C@H](n4cc(C)c(=O)[nH]c4=O)O2)[C@H]3OP(OCCC#N)N(C(C)C)C(C)C)(c2ccccc2)c2ccc(OC)cc2)cc1. The number of aryl methyl sites for hydroxylation is 1. The molecule has 1 N–H and O–H groups in total. The molecule has 0 saturated carbocycles. The summed E-state index contributed by atoms with van der Waals surface area (Å²) in [5, 5.41) is 16.2. The van der Waals surface area contributed by atoms with Crippen LogP contribution in [0.15, 0.2) is 149 Å². The summed E-state index contributed by atoms with van der Waals surface area (Å²) >= 11 is 0. The average molecular weight is 1010 g/mol. The van der Waals surface area contributed by atoms with Crippen molar-refractivity contribution in [2.45, 2.75) is 89.1 Å². The van der Waals surface area contributed by atoms with Gasteiger partial charge < -0.3 is 32.9 Å². The summed E-state index contributed by atoms with van der Waals surface area (Å²) in [6, 6.07) is 45.2. The number of morpholine rings is 1. The zero-order valence-electron chi connectivity index (χ0n) is 42.6. The topological polar surface area (TPSA) is 158 Å². The number of fused-ring (bicyclic) bond motifs is 2. The van der Waals surface area contributed by atoms with E-state index in [-0.39, 0.29) is 56.2 Å². The molecule has 0 spiro atoms. The van der Waals surface area contributed by atoms with E-state index in [2.05, 4.69) is 91.9 Å². The van der Waals surface area contributed by atoms with Gasteiger partial charge >= 0.3 is 5.69 Å². The number of amides is 1. The molecule has 0 aliphatic carbocycles. The van der Waals surface area contributed by atoms with E-state index in [4.69, 9.17) is 28.0 Å². The van der Waals surface area contributed by atoms with Crippen LogP contribution in [-0.4, -0.2) is 88.8 Å². The second-order valence-corrected chi connectivity index (χ2v) is 21.1. The summed E-state index contributed by atoms with van der Waals surface area (Å²) in [7, 11) is 1.28. The molecular formula is C59H60N5O9P. The van der Waals surface area contributed by atoms with Crippen LogP contribution in [0.4, 0.5) is 0 Å². The molecule has 1 aromatic heterocycles. The van der Waals surface area contributed by atoms with Crippen LogP contribution in [0.1, 0.15) is 68.2 Å². The summed E-state index contributed by atoms with van der Waals surface area (Å²) in [4.78, 5) is 47.1. The van der Waals surface area contributed by atoms with Crippen molar-refractivity contribution in [1.82, 2.24) is 19.1 Å². The number of aromatic nitrogens is 2. The number of carbonyl (C=O) groups excluding carboxylic acids is 1. The first-order valence-corrected chi connectivity index (χ1v) is 26.1. The zero-order chi connectivity index (χ0) is 51.9. The summed E-state index contributed by atoms with van der Waals surface area (Å²) in [5.41, 5.74) is -0.587. The van der Waals surface area contributed by atoms with Gasteiger partial charge in [0.25, 0.3) is 14.1 Å². The molecular weight excluding hydrogens is 954 g/mol. The van der Waals surface area contributed by atoms with Gasteiger partial charge in [-0.25, -0.2) is 9.46 Å². The quantitative estimate of drug-likeness (QED) is 0.0356. The van der Waals surface area contributed by atoms with Gasteiger partial charge in [0.1, 0.15) is 34.8 Å². The number of nitriles is 1. The third-order valence-electron chi connectivity index (χ3n) is 14.5. The van der Waals surface area contributed by atoms with Crippen LogP contribution < -0.4 is 20.7 Å². The molecule has 0 radical (unpaired) electrons. The van der Waals surface area contributed by atoms with E-state index in [1.165, 1.54) is 10.8 Å². The Kier molecular flexibility index (Phi) is 14.2. The largest absolute Gasteiger partial charge is 0.497 e. The summed E-state index contributed by atoms with van der Waals surface area (Å²) in [6.07, 6.45) is -0.547. The highest BCUT2D eigenvalue weighted by molar-refractivity contribution is 7.44. The first-order chi connectivity index (χ1) is 35.8. The van der Waals surface area contributed by atoms with Crippen molar-refractivity contribution in [2.24, 2.45) is 0 Å². The number of carbonyl (C=O) groups is 1. The predicted octanol–water partition coefficient (Wildman–Crippen LogP) is 10.2. The van der Waals surface area contributed by atoms with E-state index in [1.54, 1.807) is 26.0 Å². The van der Waals surface area contributed by atoms with Gasteiger partial charge in [-0.05, 0) is 113 Å². The minimum atomic E-state index is -1.96. The smallest absolute Gasteiger partial charge is 0.330 e. The maximum atomic E-state index is 15.7. The fraction of sp³-hybridized carbons (Fsp3) is 0.322. The summed E-state index contributed by atoms with van der Waals surface area (Å²) in [6.45, 7) is 9.76. The third-order valence-corrected chi connectivity index (χ3v) is 16.7. The van der Waals surface area contributed by atoms with Gasteiger partial charge in [-0.2, -0.15) is 5.26 Å². The first-order valence-electron chi connectivity index (χ1n) is 25.0. The Morgan fingerprint density at radius 2 is 1.41 bits per heavy atom. The number of aromatic amines is 1. The normalized spacial score (nSPS) is 19.1. The van der Waals surface area contributed by atoms with E-state index in [9.17, 15) is 14.9 Å². The molecule has 5 atom stereocenters. The van der Waals surface area contributed by atoms with Crippen molar-refractivity contribution < 1.29 is 32.8 Å². The molecule has 10 rings (SSSR count). The number of methoxy groups -OCH3 is 2. The Labute approximate surface area is 431 Å². The minimum Gasteiger partial charge on any atom is -0.497 e. The van der Waals surface area contributed by atoms with Crippen LogP contribution in [0.3, 0.4) is 0 Å². The number of ether oxygens (including phenoxy) is 4.